The van der Waals surface area contributed by atoms with Crippen molar-refractivity contribution in [2.24, 2.45) is 0 Å². The molecule has 35 heavy (non-hydrogen) atoms. The van der Waals surface area contributed by atoms with Gasteiger partial charge in [0, 0.05) is 5.69 Å². The van der Waals surface area contributed by atoms with E-state index >= 15 is 0 Å². The average Bonchev–Trinajstić information content (AvgIpc) is 2.84. The zero-order valence-corrected chi connectivity index (χ0v) is 21.0. The van der Waals surface area contributed by atoms with Gasteiger partial charge in [0.15, 0.2) is 0 Å². The molecule has 0 saturated heterocycles. The molecule has 0 bridgehead atoms. The molecule has 1 N–H and O–H groups in total. The first-order chi connectivity index (χ1) is 16.7. The van der Waals surface area contributed by atoms with E-state index in [1.807, 2.05) is 6.92 Å². The number of aryl methyl sites for hydroxylation is 1. The first-order valence-electron chi connectivity index (χ1n) is 10.7. The van der Waals surface area contributed by atoms with E-state index < -0.39 is 28.4 Å². The van der Waals surface area contributed by atoms with E-state index in [9.17, 15) is 18.0 Å². The van der Waals surface area contributed by atoms with E-state index in [-0.39, 0.29) is 26.9 Å². The zero-order chi connectivity index (χ0) is 25.6. The van der Waals surface area contributed by atoms with Crippen molar-refractivity contribution in [1.29, 1.82) is 0 Å². The summed E-state index contributed by atoms with van der Waals surface area (Å²) >= 11 is 6.04. The van der Waals surface area contributed by atoms with Crippen LogP contribution in [0, 0.1) is 6.92 Å². The number of carbonyl (C=O) groups excluding carboxylic acids is 2. The Hall–Kier alpha value is -3.56. The van der Waals surface area contributed by atoms with E-state index in [0.29, 0.717) is 12.4 Å². The molecule has 184 valence electrons. The molecular formula is C25H25ClN2O6S. The summed E-state index contributed by atoms with van der Waals surface area (Å²) in [5.41, 5.74) is 1.44. The van der Waals surface area contributed by atoms with Gasteiger partial charge in [-0.3, -0.25) is 9.10 Å². The first-order valence-corrected chi connectivity index (χ1v) is 12.5. The fourth-order valence-corrected chi connectivity index (χ4v) is 4.90. The molecule has 0 aliphatic rings. The smallest absolute Gasteiger partial charge is 0.339 e. The highest BCUT2D eigenvalue weighted by Gasteiger charge is 2.29. The summed E-state index contributed by atoms with van der Waals surface area (Å²) < 4.78 is 38.6. The van der Waals surface area contributed by atoms with Gasteiger partial charge < -0.3 is 14.8 Å². The maximum Gasteiger partial charge on any atom is 0.339 e. The third-order valence-corrected chi connectivity index (χ3v) is 7.09. The van der Waals surface area contributed by atoms with Crippen LogP contribution >= 0.6 is 11.6 Å². The van der Waals surface area contributed by atoms with Crippen LogP contribution in [-0.4, -0.2) is 40.6 Å². The number of halogens is 1. The Kier molecular flexibility index (Phi) is 8.37. The van der Waals surface area contributed by atoms with Crippen molar-refractivity contribution in [2.45, 2.75) is 18.7 Å². The van der Waals surface area contributed by atoms with Crippen LogP contribution in [0.1, 0.15) is 22.8 Å². The number of methoxy groups -OCH3 is 1. The second-order valence-electron chi connectivity index (χ2n) is 7.46. The highest BCUT2D eigenvalue weighted by atomic mass is 35.5. The number of ether oxygens (including phenoxy) is 2. The van der Waals surface area contributed by atoms with Crippen LogP contribution in [0.5, 0.6) is 5.75 Å². The molecule has 3 aromatic rings. The Labute approximate surface area is 209 Å². The average molecular weight is 517 g/mol. The minimum atomic E-state index is -4.13. The number of hydrogen-bond acceptors (Lipinski definition) is 6. The summed E-state index contributed by atoms with van der Waals surface area (Å²) in [4.78, 5) is 25.0. The van der Waals surface area contributed by atoms with Gasteiger partial charge >= 0.3 is 5.97 Å². The van der Waals surface area contributed by atoms with Gasteiger partial charge in [0.05, 0.1) is 34.9 Å². The molecule has 0 aliphatic carbocycles. The fourth-order valence-electron chi connectivity index (χ4n) is 3.28. The lowest BCUT2D eigenvalue weighted by Gasteiger charge is -2.26. The van der Waals surface area contributed by atoms with Crippen LogP contribution in [0.15, 0.2) is 71.6 Å². The largest absolute Gasteiger partial charge is 0.492 e. The van der Waals surface area contributed by atoms with Gasteiger partial charge in [-0.05, 0) is 56.3 Å². The van der Waals surface area contributed by atoms with Crippen molar-refractivity contribution in [3.05, 3.63) is 82.9 Å². The van der Waals surface area contributed by atoms with Crippen LogP contribution in [0.2, 0.25) is 5.02 Å². The number of esters is 1. The number of carbonyl (C=O) groups is 2. The number of nitrogens with one attached hydrogen (secondary N) is 1. The number of para-hydroxylation sites is 2. The Morgan fingerprint density at radius 3 is 2.37 bits per heavy atom. The highest BCUT2D eigenvalue weighted by Crippen LogP contribution is 2.32. The standard InChI is InChI=1S/C25H25ClN2O6S/c1-4-34-23-8-6-5-7-22(23)28(35(31,32)19-12-9-17(2)10-13-19)16-24(29)27-18-11-14-21(26)20(15-18)25(30)33-3/h5-15H,4,16H2,1-3H3,(H,27,29). The summed E-state index contributed by atoms with van der Waals surface area (Å²) in [5, 5.41) is 2.78. The molecule has 0 heterocycles. The molecule has 0 aromatic heterocycles. The second-order valence-corrected chi connectivity index (χ2v) is 9.73. The minimum Gasteiger partial charge on any atom is -0.492 e. The SMILES string of the molecule is CCOc1ccccc1N(CC(=O)Nc1ccc(Cl)c(C(=O)OC)c1)S(=O)(=O)c1ccc(C)cc1. The fraction of sp³-hybridized carbons (Fsp3) is 0.200. The number of anilines is 2. The predicted octanol–water partition coefficient (Wildman–Crippen LogP) is 4.67. The summed E-state index contributed by atoms with van der Waals surface area (Å²) in [6.07, 6.45) is 0. The lowest BCUT2D eigenvalue weighted by molar-refractivity contribution is -0.114. The van der Waals surface area contributed by atoms with Crippen LogP contribution < -0.4 is 14.4 Å². The molecule has 0 fully saturated rings. The molecule has 0 spiro atoms. The summed E-state index contributed by atoms with van der Waals surface area (Å²) in [7, 11) is -2.92. The molecule has 0 unspecified atom stereocenters. The van der Waals surface area contributed by atoms with Crippen molar-refractivity contribution in [3.63, 3.8) is 0 Å². The molecule has 3 rings (SSSR count). The van der Waals surface area contributed by atoms with Crippen molar-refractivity contribution in [3.8, 4) is 5.75 Å². The molecule has 8 nitrogen and oxygen atoms in total. The number of sulfonamides is 1. The van der Waals surface area contributed by atoms with E-state index in [1.165, 1.54) is 37.4 Å². The number of nitrogens with zero attached hydrogens (tertiary/aromatic N) is 1. The van der Waals surface area contributed by atoms with E-state index in [2.05, 4.69) is 5.32 Å². The van der Waals surface area contributed by atoms with E-state index in [0.717, 1.165) is 9.87 Å². The Bertz CT molecular complexity index is 1330. The summed E-state index contributed by atoms with van der Waals surface area (Å²) in [5.74, 6) is -0.983. The van der Waals surface area contributed by atoms with Gasteiger partial charge in [-0.15, -0.1) is 0 Å². The van der Waals surface area contributed by atoms with Gasteiger partial charge in [-0.25, -0.2) is 13.2 Å². The summed E-state index contributed by atoms with van der Waals surface area (Å²) in [6, 6.07) is 17.2. The lowest BCUT2D eigenvalue weighted by Crippen LogP contribution is -2.38. The Balaban J connectivity index is 1.98. The number of rotatable bonds is 9. The van der Waals surface area contributed by atoms with E-state index in [4.69, 9.17) is 21.1 Å². The van der Waals surface area contributed by atoms with Gasteiger partial charge in [-0.1, -0.05) is 41.4 Å². The van der Waals surface area contributed by atoms with Gasteiger partial charge in [0.2, 0.25) is 5.91 Å². The van der Waals surface area contributed by atoms with Crippen LogP contribution in [0.25, 0.3) is 0 Å². The second kappa shape index (κ2) is 11.2. The number of amides is 1. The maximum atomic E-state index is 13.6. The molecule has 0 aliphatic heterocycles. The molecule has 10 heteroatoms. The molecule has 3 aromatic carbocycles. The number of hydrogen-bond donors (Lipinski definition) is 1. The zero-order valence-electron chi connectivity index (χ0n) is 19.4. The normalized spacial score (nSPS) is 11.0. The molecule has 1 amide bonds. The monoisotopic (exact) mass is 516 g/mol. The third kappa shape index (κ3) is 6.12. The highest BCUT2D eigenvalue weighted by molar-refractivity contribution is 7.92. The molecule has 0 saturated carbocycles. The third-order valence-electron chi connectivity index (χ3n) is 4.99. The topological polar surface area (TPSA) is 102 Å². The van der Waals surface area contributed by atoms with E-state index in [1.54, 1.807) is 43.3 Å². The maximum absolute atomic E-state index is 13.6. The summed E-state index contributed by atoms with van der Waals surface area (Å²) in [6.45, 7) is 3.39. The van der Waals surface area contributed by atoms with Crippen LogP contribution in [0.3, 0.4) is 0 Å². The van der Waals surface area contributed by atoms with Crippen molar-refractivity contribution in [1.82, 2.24) is 0 Å². The van der Waals surface area contributed by atoms with Gasteiger partial charge in [-0.2, -0.15) is 0 Å². The first kappa shape index (κ1) is 26.1. The number of benzene rings is 3. The minimum absolute atomic E-state index is 0.0293. The van der Waals surface area contributed by atoms with Crippen molar-refractivity contribution < 1.29 is 27.5 Å². The van der Waals surface area contributed by atoms with Crippen LogP contribution in [0.4, 0.5) is 11.4 Å². The van der Waals surface area contributed by atoms with Gasteiger partial charge in [0.1, 0.15) is 12.3 Å². The quantitative estimate of drug-likeness (QED) is 0.415. The van der Waals surface area contributed by atoms with Gasteiger partial charge in [0.25, 0.3) is 10.0 Å². The predicted molar refractivity (Wildman–Crippen MR) is 135 cm³/mol. The van der Waals surface area contributed by atoms with Crippen molar-refractivity contribution >= 4 is 44.9 Å². The molecule has 0 atom stereocenters. The van der Waals surface area contributed by atoms with Crippen molar-refractivity contribution in [2.75, 3.05) is 29.9 Å². The Morgan fingerprint density at radius 2 is 1.71 bits per heavy atom. The molecule has 0 radical (unpaired) electrons. The van der Waals surface area contributed by atoms with Crippen LogP contribution in [-0.2, 0) is 19.6 Å². The Morgan fingerprint density at radius 1 is 1.03 bits per heavy atom. The molecular weight excluding hydrogens is 492 g/mol. The lowest BCUT2D eigenvalue weighted by atomic mass is 10.2.